The van der Waals surface area contributed by atoms with Crippen LogP contribution in [0.2, 0.25) is 0 Å². The number of aromatic hydroxyl groups is 1. The smallest absolute Gasteiger partial charge is 0.149 e. The summed E-state index contributed by atoms with van der Waals surface area (Å²) in [6, 6.07) is 57.9. The van der Waals surface area contributed by atoms with Crippen molar-refractivity contribution in [1.82, 2.24) is 14.5 Å². The molecule has 0 unspecified atom stereocenters. The summed E-state index contributed by atoms with van der Waals surface area (Å²) in [7, 11) is 0. The summed E-state index contributed by atoms with van der Waals surface area (Å²) in [5.41, 5.74) is 17.8. The molecular weight excluding hydrogens is 791 g/mol. The van der Waals surface area contributed by atoms with Gasteiger partial charge in [0, 0.05) is 24.3 Å². The molecule has 0 saturated carbocycles. The molecule has 0 fully saturated rings. The topological polar surface area (TPSA) is 50.9 Å². The fraction of sp³-hybridized carbons (Fsp3) is 0.213. The minimum absolute atomic E-state index is 0.0363. The molecular formula is C61H59N3O. The highest BCUT2D eigenvalue weighted by molar-refractivity contribution is 5.98. The first kappa shape index (κ1) is 41.9. The van der Waals surface area contributed by atoms with Gasteiger partial charge in [-0.3, -0.25) is 9.55 Å². The van der Waals surface area contributed by atoms with E-state index in [1.54, 1.807) is 0 Å². The number of hydrogen-bond donors (Lipinski definition) is 1. The molecule has 0 aliphatic heterocycles. The summed E-state index contributed by atoms with van der Waals surface area (Å²) in [4.78, 5) is 10.6. The summed E-state index contributed by atoms with van der Waals surface area (Å²) in [6.45, 7) is 19.3. The third-order valence-electron chi connectivity index (χ3n) is 13.3. The number of benzene rings is 7. The molecule has 1 N–H and O–H groups in total. The number of rotatable bonds is 10. The predicted molar refractivity (Wildman–Crippen MR) is 274 cm³/mol. The number of pyridine rings is 1. The molecule has 9 rings (SSSR count). The molecule has 0 radical (unpaired) electrons. The van der Waals surface area contributed by atoms with Gasteiger partial charge in [0.05, 0.1) is 28.0 Å². The Balaban J connectivity index is 1.31. The molecule has 0 atom stereocenters. The maximum Gasteiger partial charge on any atom is 0.149 e. The second-order valence-corrected chi connectivity index (χ2v) is 19.4. The average molecular weight is 851 g/mol. The second kappa shape index (κ2) is 17.2. The minimum atomic E-state index is -0.674. The molecule has 2 heterocycles. The summed E-state index contributed by atoms with van der Waals surface area (Å²) >= 11 is 0. The minimum Gasteiger partial charge on any atom is -0.507 e. The first-order valence-corrected chi connectivity index (χ1v) is 22.8. The van der Waals surface area contributed by atoms with Gasteiger partial charge in [-0.1, -0.05) is 165 Å². The van der Waals surface area contributed by atoms with Crippen molar-refractivity contribution in [2.45, 2.75) is 85.5 Å². The predicted octanol–water partition coefficient (Wildman–Crippen LogP) is 16.5. The summed E-state index contributed by atoms with van der Waals surface area (Å²) in [5.74, 6) is 0.229. The fourth-order valence-electron chi connectivity index (χ4n) is 8.84. The normalized spacial score (nSPS) is 12.4. The van der Waals surface area contributed by atoms with Crippen molar-refractivity contribution in [3.63, 3.8) is 0 Å². The van der Waals surface area contributed by atoms with E-state index in [2.05, 4.69) is 186 Å². The van der Waals surface area contributed by atoms with E-state index >= 15 is 0 Å². The lowest BCUT2D eigenvalue weighted by atomic mass is 9.81. The summed E-state index contributed by atoms with van der Waals surface area (Å²) in [5, 5.41) is 12.1. The Labute approximate surface area is 386 Å². The van der Waals surface area contributed by atoms with Gasteiger partial charge in [0.1, 0.15) is 11.6 Å². The van der Waals surface area contributed by atoms with Crippen LogP contribution in [-0.2, 0) is 10.8 Å². The number of fused-ring (bicyclic) bond motifs is 1. The van der Waals surface area contributed by atoms with Crippen LogP contribution in [0.25, 0.3) is 83.9 Å². The van der Waals surface area contributed by atoms with Crippen LogP contribution in [0, 0.1) is 6.92 Å². The van der Waals surface area contributed by atoms with Gasteiger partial charge >= 0.3 is 0 Å². The van der Waals surface area contributed by atoms with Gasteiger partial charge in [0.2, 0.25) is 0 Å². The van der Waals surface area contributed by atoms with Gasteiger partial charge in [0.25, 0.3) is 0 Å². The van der Waals surface area contributed by atoms with Crippen LogP contribution in [0.5, 0.6) is 5.75 Å². The first-order chi connectivity index (χ1) is 31.5. The molecule has 4 nitrogen and oxygen atoms in total. The maximum absolute atomic E-state index is 12.1. The summed E-state index contributed by atoms with van der Waals surface area (Å²) < 4.78 is 10.8. The van der Waals surface area contributed by atoms with E-state index in [4.69, 9.17) is 11.3 Å². The Morgan fingerprint density at radius 1 is 0.585 bits per heavy atom. The second-order valence-electron chi connectivity index (χ2n) is 19.4. The molecule has 0 amide bonds. The number of imidazole rings is 1. The molecule has 0 aliphatic rings. The van der Waals surface area contributed by atoms with Crippen molar-refractivity contribution in [2.24, 2.45) is 0 Å². The number of para-hydroxylation sites is 1. The number of phenolic OH excluding ortho intramolecular Hbond substituents is 1. The van der Waals surface area contributed by atoms with E-state index in [0.717, 1.165) is 95.6 Å². The van der Waals surface area contributed by atoms with Gasteiger partial charge in [-0.05, 0) is 140 Å². The summed E-state index contributed by atoms with van der Waals surface area (Å²) in [6.07, 6.45) is 2.88. The van der Waals surface area contributed by atoms with Crippen LogP contribution in [0.3, 0.4) is 0 Å². The largest absolute Gasteiger partial charge is 0.507 e. The lowest BCUT2D eigenvalue weighted by Crippen LogP contribution is -2.16. The van der Waals surface area contributed by atoms with Crippen LogP contribution < -0.4 is 0 Å². The van der Waals surface area contributed by atoms with E-state index < -0.39 is 5.89 Å². The number of aryl methyl sites for hydroxylation is 1. The maximum atomic E-state index is 12.1. The molecule has 0 bridgehead atoms. The van der Waals surface area contributed by atoms with Crippen LogP contribution in [0.4, 0.5) is 0 Å². The standard InChI is InChI=1S/C61H59N3O/c1-10-61(8,9)49-28-29-55(52(37-49)44-20-15-12-16-21-44)64-56-23-17-22-51(57(56)63-59(64)53-38-50(60(5,6)7)32-40(4)58(53)65)47-33-46(42-18-13-11-14-19-42)34-48(35-47)54-36-45(30-31-62-54)43-26-24-41(25-27-43)39(2)3/h11-39,65H,10H2,1-9H3/i39D. The zero-order valence-electron chi connectivity index (χ0n) is 40.2. The molecule has 0 spiro atoms. The first-order valence-electron chi connectivity index (χ1n) is 23.3. The van der Waals surface area contributed by atoms with Crippen molar-refractivity contribution in [3.8, 4) is 78.6 Å². The van der Waals surface area contributed by atoms with E-state index in [1.165, 1.54) is 5.56 Å². The Kier molecular flexibility index (Phi) is 11.1. The molecule has 0 aliphatic carbocycles. The van der Waals surface area contributed by atoms with Crippen LogP contribution in [-0.4, -0.2) is 19.6 Å². The number of aromatic nitrogens is 3. The lowest BCUT2D eigenvalue weighted by Gasteiger charge is -2.26. The zero-order valence-corrected chi connectivity index (χ0v) is 39.2. The van der Waals surface area contributed by atoms with Gasteiger partial charge < -0.3 is 5.11 Å². The van der Waals surface area contributed by atoms with E-state index in [1.807, 2.05) is 51.2 Å². The van der Waals surface area contributed by atoms with Crippen LogP contribution in [0.15, 0.2) is 170 Å². The highest BCUT2D eigenvalue weighted by Crippen LogP contribution is 2.44. The third-order valence-corrected chi connectivity index (χ3v) is 13.3. The van der Waals surface area contributed by atoms with Crippen LogP contribution >= 0.6 is 0 Å². The van der Waals surface area contributed by atoms with Gasteiger partial charge in [-0.15, -0.1) is 0 Å². The van der Waals surface area contributed by atoms with Crippen molar-refractivity contribution in [1.29, 1.82) is 0 Å². The Morgan fingerprint density at radius 3 is 1.91 bits per heavy atom. The van der Waals surface area contributed by atoms with E-state index in [0.29, 0.717) is 11.4 Å². The number of phenols is 1. The van der Waals surface area contributed by atoms with Crippen molar-refractivity contribution in [2.75, 3.05) is 0 Å². The SMILES string of the molecule is [2H]C(C)(C)c1ccc(-c2ccnc(-c3cc(-c4ccccc4)cc(-c4cccc5c4nc(-c4cc(C(C)(C)C)cc(C)c4O)n5-c4ccc(C(C)(C)CC)cc4-c4ccccc4)c3)c2)cc1. The third kappa shape index (κ3) is 8.42. The fourth-order valence-corrected chi connectivity index (χ4v) is 8.84. The van der Waals surface area contributed by atoms with Crippen molar-refractivity contribution < 1.29 is 6.48 Å². The number of hydrogen-bond acceptors (Lipinski definition) is 3. The molecule has 4 heteroatoms. The molecule has 9 aromatic rings. The molecule has 0 saturated heterocycles. The molecule has 7 aromatic carbocycles. The van der Waals surface area contributed by atoms with E-state index in [9.17, 15) is 5.11 Å². The Morgan fingerprint density at radius 2 is 1.23 bits per heavy atom. The molecule has 2 aromatic heterocycles. The lowest BCUT2D eigenvalue weighted by molar-refractivity contribution is 0.471. The zero-order chi connectivity index (χ0) is 46.5. The quantitative estimate of drug-likeness (QED) is 0.149. The monoisotopic (exact) mass is 850 g/mol. The van der Waals surface area contributed by atoms with Gasteiger partial charge in [-0.2, -0.15) is 0 Å². The van der Waals surface area contributed by atoms with Gasteiger partial charge in [0.15, 0.2) is 0 Å². The highest BCUT2D eigenvalue weighted by atomic mass is 16.3. The Hall–Kier alpha value is -7.04. The van der Waals surface area contributed by atoms with Gasteiger partial charge in [-0.25, -0.2) is 4.98 Å². The van der Waals surface area contributed by atoms with Crippen LogP contribution in [0.1, 0.15) is 91.3 Å². The van der Waals surface area contributed by atoms with E-state index in [-0.39, 0.29) is 16.6 Å². The number of nitrogens with zero attached hydrogens (tertiary/aromatic N) is 3. The molecule has 65 heavy (non-hydrogen) atoms. The highest BCUT2D eigenvalue weighted by Gasteiger charge is 2.27. The Bertz CT molecular complexity index is 3220. The van der Waals surface area contributed by atoms with Crippen molar-refractivity contribution >= 4 is 11.0 Å². The van der Waals surface area contributed by atoms with Crippen molar-refractivity contribution in [3.05, 3.63) is 192 Å². The molecule has 324 valence electrons. The average Bonchev–Trinajstić information content (AvgIpc) is 3.71.